The molecule has 1 aromatic carbocycles. The average molecular weight is 312 g/mol. The van der Waals surface area contributed by atoms with Crippen molar-refractivity contribution in [3.05, 3.63) is 34.9 Å². The zero-order valence-electron chi connectivity index (χ0n) is 10.8. The van der Waals surface area contributed by atoms with Crippen LogP contribution in [0.3, 0.4) is 0 Å². The number of carbonyl (C=O) groups is 1. The van der Waals surface area contributed by atoms with Gasteiger partial charge in [-0.1, -0.05) is 35.5 Å². The third-order valence-corrected chi connectivity index (χ3v) is 3.73. The van der Waals surface area contributed by atoms with Crippen molar-refractivity contribution in [3.63, 3.8) is 0 Å². The van der Waals surface area contributed by atoms with Crippen LogP contribution in [-0.4, -0.2) is 26.3 Å². The van der Waals surface area contributed by atoms with Gasteiger partial charge in [-0.25, -0.2) is 5.10 Å². The molecule has 0 unspecified atom stereocenters. The number of thioether (sulfide) groups is 1. The van der Waals surface area contributed by atoms with Crippen LogP contribution >= 0.6 is 23.4 Å². The third-order valence-electron chi connectivity index (χ3n) is 2.51. The molecule has 8 heteroatoms. The van der Waals surface area contributed by atoms with E-state index in [9.17, 15) is 4.79 Å². The minimum Gasteiger partial charge on any atom is -0.368 e. The van der Waals surface area contributed by atoms with Gasteiger partial charge in [0.2, 0.25) is 17.0 Å². The lowest BCUT2D eigenvalue weighted by molar-refractivity contribution is -0.120. The lowest BCUT2D eigenvalue weighted by Crippen LogP contribution is -2.30. The molecule has 0 saturated carbocycles. The molecule has 2 aromatic rings. The number of aromatic amines is 1. The summed E-state index contributed by atoms with van der Waals surface area (Å²) >= 11 is 7.04. The fraction of sp³-hybridized carbons (Fsp3) is 0.250. The number of nitrogens with one attached hydrogen (secondary N) is 2. The van der Waals surface area contributed by atoms with Crippen LogP contribution in [0.25, 0.3) is 0 Å². The van der Waals surface area contributed by atoms with Crippen molar-refractivity contribution in [2.24, 2.45) is 0 Å². The van der Waals surface area contributed by atoms with Crippen LogP contribution in [-0.2, 0) is 11.3 Å². The van der Waals surface area contributed by atoms with Crippen molar-refractivity contribution in [2.45, 2.75) is 23.9 Å². The van der Waals surface area contributed by atoms with Gasteiger partial charge in [0.05, 0.1) is 5.25 Å². The van der Waals surface area contributed by atoms with Gasteiger partial charge in [0, 0.05) is 11.6 Å². The Morgan fingerprint density at radius 3 is 2.80 bits per heavy atom. The summed E-state index contributed by atoms with van der Waals surface area (Å²) in [5.41, 5.74) is 6.41. The Balaban J connectivity index is 1.83. The average Bonchev–Trinajstić information content (AvgIpc) is 2.83. The number of anilines is 1. The van der Waals surface area contributed by atoms with E-state index in [0.717, 1.165) is 5.56 Å². The molecule has 0 aliphatic rings. The summed E-state index contributed by atoms with van der Waals surface area (Å²) in [7, 11) is 0. The van der Waals surface area contributed by atoms with Gasteiger partial charge in [-0.3, -0.25) is 4.79 Å². The molecule has 0 saturated heterocycles. The molecule has 0 radical (unpaired) electrons. The highest BCUT2D eigenvalue weighted by Crippen LogP contribution is 2.19. The first-order valence-corrected chi connectivity index (χ1v) is 7.17. The van der Waals surface area contributed by atoms with E-state index >= 15 is 0 Å². The molecule has 1 atom stereocenters. The maximum atomic E-state index is 11.9. The number of aromatic nitrogens is 3. The second kappa shape index (κ2) is 6.62. The summed E-state index contributed by atoms with van der Waals surface area (Å²) in [5, 5.41) is 10.1. The lowest BCUT2D eigenvalue weighted by Gasteiger charge is -2.10. The van der Waals surface area contributed by atoms with E-state index in [2.05, 4.69) is 20.5 Å². The van der Waals surface area contributed by atoms with Crippen molar-refractivity contribution in [3.8, 4) is 0 Å². The highest BCUT2D eigenvalue weighted by atomic mass is 35.5. The summed E-state index contributed by atoms with van der Waals surface area (Å²) in [5.74, 6) is 0.148. The SMILES string of the molecule is C[C@H](Sc1n[nH]c(N)n1)C(=O)NCc1ccc(Cl)cc1. The van der Waals surface area contributed by atoms with E-state index in [0.29, 0.717) is 16.7 Å². The number of rotatable bonds is 5. The predicted molar refractivity (Wildman–Crippen MR) is 79.4 cm³/mol. The van der Waals surface area contributed by atoms with Crippen LogP contribution in [0.4, 0.5) is 5.95 Å². The zero-order valence-corrected chi connectivity index (χ0v) is 12.3. The van der Waals surface area contributed by atoms with Crippen LogP contribution in [0.15, 0.2) is 29.4 Å². The van der Waals surface area contributed by atoms with E-state index in [1.165, 1.54) is 11.8 Å². The summed E-state index contributed by atoms with van der Waals surface area (Å²) in [6, 6.07) is 7.32. The second-order valence-corrected chi connectivity index (χ2v) is 5.85. The number of nitrogen functional groups attached to an aromatic ring is 1. The van der Waals surface area contributed by atoms with Crippen molar-refractivity contribution >= 4 is 35.2 Å². The van der Waals surface area contributed by atoms with Crippen LogP contribution < -0.4 is 11.1 Å². The number of H-pyrrole nitrogens is 1. The van der Waals surface area contributed by atoms with Gasteiger partial charge in [-0.2, -0.15) is 4.98 Å². The number of halogens is 1. The number of benzene rings is 1. The molecule has 0 bridgehead atoms. The molecule has 106 valence electrons. The molecular weight excluding hydrogens is 298 g/mol. The first-order valence-electron chi connectivity index (χ1n) is 5.91. The van der Waals surface area contributed by atoms with Gasteiger partial charge in [0.15, 0.2) is 0 Å². The van der Waals surface area contributed by atoms with Crippen molar-refractivity contribution < 1.29 is 4.79 Å². The standard InChI is InChI=1S/C12H14ClN5OS/c1-7(20-12-16-11(14)17-18-12)10(19)15-6-8-2-4-9(13)5-3-8/h2-5,7H,6H2,1H3,(H,15,19)(H3,14,16,17,18)/t7-/m0/s1. The fourth-order valence-corrected chi connectivity index (χ4v) is 2.34. The van der Waals surface area contributed by atoms with Gasteiger partial charge < -0.3 is 11.1 Å². The molecule has 1 amide bonds. The monoisotopic (exact) mass is 311 g/mol. The first kappa shape index (κ1) is 14.7. The summed E-state index contributed by atoms with van der Waals surface area (Å²) < 4.78 is 0. The normalized spacial score (nSPS) is 12.1. The number of nitrogens with zero attached hydrogens (tertiary/aromatic N) is 2. The van der Waals surface area contributed by atoms with Crippen molar-refractivity contribution in [1.29, 1.82) is 0 Å². The molecular formula is C12H14ClN5OS. The van der Waals surface area contributed by atoms with Gasteiger partial charge >= 0.3 is 0 Å². The molecule has 20 heavy (non-hydrogen) atoms. The molecule has 0 aliphatic carbocycles. The van der Waals surface area contributed by atoms with E-state index in [1.807, 2.05) is 12.1 Å². The Morgan fingerprint density at radius 1 is 1.50 bits per heavy atom. The smallest absolute Gasteiger partial charge is 0.233 e. The maximum Gasteiger partial charge on any atom is 0.233 e. The molecule has 6 nitrogen and oxygen atoms in total. The van der Waals surface area contributed by atoms with Crippen molar-refractivity contribution in [1.82, 2.24) is 20.5 Å². The molecule has 0 spiro atoms. The summed E-state index contributed by atoms with van der Waals surface area (Å²) in [6.45, 7) is 2.24. The molecule has 0 fully saturated rings. The van der Waals surface area contributed by atoms with E-state index in [-0.39, 0.29) is 17.1 Å². The summed E-state index contributed by atoms with van der Waals surface area (Å²) in [6.07, 6.45) is 0. The van der Waals surface area contributed by atoms with E-state index in [1.54, 1.807) is 19.1 Å². The number of hydrogen-bond acceptors (Lipinski definition) is 5. The molecule has 1 aromatic heterocycles. The quantitative estimate of drug-likeness (QED) is 0.732. The minimum absolute atomic E-state index is 0.0895. The Kier molecular flexibility index (Phi) is 4.86. The summed E-state index contributed by atoms with van der Waals surface area (Å²) in [4.78, 5) is 15.9. The molecule has 0 aliphatic heterocycles. The first-order chi connectivity index (χ1) is 9.54. The number of hydrogen-bond donors (Lipinski definition) is 3. The Hall–Kier alpha value is -1.73. The van der Waals surface area contributed by atoms with Gasteiger partial charge in [0.1, 0.15) is 0 Å². The van der Waals surface area contributed by atoms with Gasteiger partial charge in [0.25, 0.3) is 0 Å². The maximum absolute atomic E-state index is 11.9. The van der Waals surface area contributed by atoms with Gasteiger partial charge in [-0.05, 0) is 24.6 Å². The Bertz CT molecular complexity index is 586. The second-order valence-electron chi connectivity index (χ2n) is 4.11. The lowest BCUT2D eigenvalue weighted by atomic mass is 10.2. The molecule has 2 rings (SSSR count). The highest BCUT2D eigenvalue weighted by Gasteiger charge is 2.16. The van der Waals surface area contributed by atoms with Crippen LogP contribution in [0.1, 0.15) is 12.5 Å². The number of carbonyl (C=O) groups excluding carboxylic acids is 1. The van der Waals surface area contributed by atoms with Crippen molar-refractivity contribution in [2.75, 3.05) is 5.73 Å². The van der Waals surface area contributed by atoms with E-state index < -0.39 is 0 Å². The van der Waals surface area contributed by atoms with E-state index in [4.69, 9.17) is 17.3 Å². The topological polar surface area (TPSA) is 96.7 Å². The van der Waals surface area contributed by atoms with Crippen LogP contribution in [0, 0.1) is 0 Å². The van der Waals surface area contributed by atoms with Crippen LogP contribution in [0.2, 0.25) is 5.02 Å². The predicted octanol–water partition coefficient (Wildman–Crippen LogP) is 1.84. The molecule has 1 heterocycles. The van der Waals surface area contributed by atoms with Gasteiger partial charge in [-0.15, -0.1) is 5.10 Å². The highest BCUT2D eigenvalue weighted by molar-refractivity contribution is 8.00. The minimum atomic E-state index is -0.308. The Morgan fingerprint density at radius 2 is 2.20 bits per heavy atom. The zero-order chi connectivity index (χ0) is 14.5. The Labute approximate surface area is 125 Å². The fourth-order valence-electron chi connectivity index (χ4n) is 1.46. The largest absolute Gasteiger partial charge is 0.368 e. The molecule has 4 N–H and O–H groups in total. The van der Waals surface area contributed by atoms with Crippen LogP contribution in [0.5, 0.6) is 0 Å². The number of nitrogens with two attached hydrogens (primary N) is 1. The number of amides is 1. The third kappa shape index (κ3) is 4.14.